The Morgan fingerprint density at radius 3 is 2.33 bits per heavy atom. The number of likely N-dealkylation sites (tertiary alicyclic amines) is 1. The molecule has 2 amide bonds. The largest absolute Gasteiger partial charge is 0.342 e. The predicted molar refractivity (Wildman–Crippen MR) is 126 cm³/mol. The molecule has 3 fully saturated rings. The third kappa shape index (κ3) is 4.32. The second-order valence-electron chi connectivity index (χ2n) is 10.5. The lowest BCUT2D eigenvalue weighted by Gasteiger charge is -2.37. The van der Waals surface area contributed by atoms with Crippen molar-refractivity contribution in [3.05, 3.63) is 23.8 Å². The number of rotatable bonds is 4. The Kier molecular flexibility index (Phi) is 6.02. The van der Waals surface area contributed by atoms with Crippen LogP contribution in [-0.2, 0) is 26.0 Å². The minimum atomic E-state index is -3.69. The van der Waals surface area contributed by atoms with Gasteiger partial charge in [0, 0.05) is 43.8 Å². The van der Waals surface area contributed by atoms with E-state index in [1.165, 1.54) is 4.31 Å². The van der Waals surface area contributed by atoms with E-state index in [2.05, 4.69) is 6.92 Å². The standard InChI is InChI=1S/C25H35N3O4S/c1-17-9-12-26(13-10-17)24(29)20-4-3-11-27(16-20)33(31,32)22-7-8-23-21(15-22)14-18(2)28(23)25(30)19-5-6-19/h7-8,15,17-20H,3-6,9-14,16H2,1-2H3/t18-,20+/m1/s1. The number of anilines is 1. The van der Waals surface area contributed by atoms with E-state index in [4.69, 9.17) is 0 Å². The normalized spacial score (nSPS) is 27.0. The van der Waals surface area contributed by atoms with Crippen LogP contribution < -0.4 is 4.90 Å². The highest BCUT2D eigenvalue weighted by Gasteiger charge is 2.41. The van der Waals surface area contributed by atoms with E-state index in [0.29, 0.717) is 25.3 Å². The molecule has 5 rings (SSSR count). The number of benzene rings is 1. The van der Waals surface area contributed by atoms with Crippen LogP contribution in [0, 0.1) is 17.8 Å². The predicted octanol–water partition coefficient (Wildman–Crippen LogP) is 3.03. The molecule has 4 aliphatic rings. The summed E-state index contributed by atoms with van der Waals surface area (Å²) in [6.45, 7) is 6.51. The molecule has 1 saturated carbocycles. The summed E-state index contributed by atoms with van der Waals surface area (Å²) in [7, 11) is -3.69. The van der Waals surface area contributed by atoms with E-state index in [9.17, 15) is 18.0 Å². The average molecular weight is 474 g/mol. The molecule has 180 valence electrons. The summed E-state index contributed by atoms with van der Waals surface area (Å²) >= 11 is 0. The van der Waals surface area contributed by atoms with Gasteiger partial charge in [-0.25, -0.2) is 8.42 Å². The topological polar surface area (TPSA) is 78.0 Å². The molecule has 1 aromatic carbocycles. The number of carbonyl (C=O) groups excluding carboxylic acids is 2. The Hall–Kier alpha value is -1.93. The lowest BCUT2D eigenvalue weighted by atomic mass is 9.94. The van der Waals surface area contributed by atoms with Gasteiger partial charge in [-0.1, -0.05) is 6.92 Å². The molecule has 33 heavy (non-hydrogen) atoms. The lowest BCUT2D eigenvalue weighted by molar-refractivity contribution is -0.138. The number of hydrogen-bond donors (Lipinski definition) is 0. The number of amides is 2. The molecule has 3 heterocycles. The fraction of sp³-hybridized carbons (Fsp3) is 0.680. The van der Waals surface area contributed by atoms with E-state index < -0.39 is 10.0 Å². The van der Waals surface area contributed by atoms with Crippen molar-refractivity contribution in [2.24, 2.45) is 17.8 Å². The van der Waals surface area contributed by atoms with Crippen LogP contribution in [0.3, 0.4) is 0 Å². The van der Waals surface area contributed by atoms with Gasteiger partial charge in [0.1, 0.15) is 0 Å². The van der Waals surface area contributed by atoms with E-state index in [0.717, 1.165) is 56.4 Å². The van der Waals surface area contributed by atoms with Crippen molar-refractivity contribution in [2.45, 2.75) is 69.7 Å². The molecule has 0 spiro atoms. The number of piperidine rings is 2. The molecule has 0 bridgehead atoms. The summed E-state index contributed by atoms with van der Waals surface area (Å²) in [5.74, 6) is 0.797. The highest BCUT2D eigenvalue weighted by atomic mass is 32.2. The molecular formula is C25H35N3O4S. The first-order valence-corrected chi connectivity index (χ1v) is 13.9. The quantitative estimate of drug-likeness (QED) is 0.673. The van der Waals surface area contributed by atoms with E-state index in [-0.39, 0.29) is 41.1 Å². The minimum absolute atomic E-state index is 0.0512. The minimum Gasteiger partial charge on any atom is -0.342 e. The smallest absolute Gasteiger partial charge is 0.243 e. The van der Waals surface area contributed by atoms with Crippen molar-refractivity contribution >= 4 is 27.5 Å². The Morgan fingerprint density at radius 2 is 1.64 bits per heavy atom. The van der Waals surface area contributed by atoms with Crippen molar-refractivity contribution in [1.82, 2.24) is 9.21 Å². The van der Waals surface area contributed by atoms with Crippen LogP contribution in [0.25, 0.3) is 0 Å². The Bertz CT molecular complexity index is 1040. The van der Waals surface area contributed by atoms with Crippen molar-refractivity contribution in [3.8, 4) is 0 Å². The monoisotopic (exact) mass is 473 g/mol. The van der Waals surface area contributed by atoms with Crippen LogP contribution in [0.1, 0.15) is 57.9 Å². The number of hydrogen-bond acceptors (Lipinski definition) is 4. The third-order valence-electron chi connectivity index (χ3n) is 7.90. The molecule has 0 N–H and O–H groups in total. The van der Waals surface area contributed by atoms with Gasteiger partial charge in [0.05, 0.1) is 10.8 Å². The highest BCUT2D eigenvalue weighted by Crippen LogP contribution is 2.40. The molecule has 7 nitrogen and oxygen atoms in total. The summed E-state index contributed by atoms with van der Waals surface area (Å²) in [5, 5.41) is 0. The average Bonchev–Trinajstić information content (AvgIpc) is 3.60. The number of sulfonamides is 1. The fourth-order valence-electron chi connectivity index (χ4n) is 5.63. The van der Waals surface area contributed by atoms with Crippen LogP contribution in [0.4, 0.5) is 5.69 Å². The molecule has 1 aliphatic carbocycles. The van der Waals surface area contributed by atoms with Crippen molar-refractivity contribution in [1.29, 1.82) is 0 Å². The molecule has 8 heteroatoms. The second-order valence-corrected chi connectivity index (χ2v) is 12.5. The summed E-state index contributed by atoms with van der Waals surface area (Å²) < 4.78 is 28.5. The molecule has 2 atom stereocenters. The van der Waals surface area contributed by atoms with Crippen LogP contribution in [0.15, 0.2) is 23.1 Å². The zero-order chi connectivity index (χ0) is 23.3. The van der Waals surface area contributed by atoms with Crippen LogP contribution in [0.2, 0.25) is 0 Å². The SMILES string of the molecule is CC1CCN(C(=O)[C@H]2CCCN(S(=O)(=O)c3ccc4c(c3)C[C@@H](C)N4C(=O)C3CC3)C2)CC1. The molecule has 2 saturated heterocycles. The number of nitrogens with zero attached hydrogens (tertiary/aromatic N) is 3. The zero-order valence-electron chi connectivity index (χ0n) is 19.7. The summed E-state index contributed by atoms with van der Waals surface area (Å²) in [6, 6.07) is 5.23. The zero-order valence-corrected chi connectivity index (χ0v) is 20.5. The highest BCUT2D eigenvalue weighted by molar-refractivity contribution is 7.89. The molecule has 0 unspecified atom stereocenters. The first-order valence-electron chi connectivity index (χ1n) is 12.5. The van der Waals surface area contributed by atoms with Crippen molar-refractivity contribution in [3.63, 3.8) is 0 Å². The second kappa shape index (κ2) is 8.69. The summed E-state index contributed by atoms with van der Waals surface area (Å²) in [6.07, 6.45) is 6.07. The summed E-state index contributed by atoms with van der Waals surface area (Å²) in [4.78, 5) is 29.9. The van der Waals surface area contributed by atoms with Crippen LogP contribution in [0.5, 0.6) is 0 Å². The molecule has 1 aromatic rings. The molecule has 3 aliphatic heterocycles. The third-order valence-corrected chi connectivity index (χ3v) is 9.76. The van der Waals surface area contributed by atoms with Crippen molar-refractivity contribution < 1.29 is 18.0 Å². The van der Waals surface area contributed by atoms with Gasteiger partial charge in [-0.15, -0.1) is 0 Å². The molecular weight excluding hydrogens is 438 g/mol. The van der Waals surface area contributed by atoms with Gasteiger partial charge in [0.15, 0.2) is 0 Å². The molecule has 0 radical (unpaired) electrons. The van der Waals surface area contributed by atoms with Gasteiger partial charge in [0.2, 0.25) is 21.8 Å². The maximum absolute atomic E-state index is 13.5. The number of carbonyl (C=O) groups is 2. The van der Waals surface area contributed by atoms with Crippen molar-refractivity contribution in [2.75, 3.05) is 31.1 Å². The first-order chi connectivity index (χ1) is 15.8. The van der Waals surface area contributed by atoms with E-state index >= 15 is 0 Å². The Balaban J connectivity index is 1.32. The maximum atomic E-state index is 13.5. The van der Waals surface area contributed by atoms with Gasteiger partial charge in [-0.2, -0.15) is 4.31 Å². The van der Waals surface area contributed by atoms with Gasteiger partial charge < -0.3 is 9.80 Å². The lowest BCUT2D eigenvalue weighted by Crippen LogP contribution is -2.48. The van der Waals surface area contributed by atoms with Gasteiger partial charge in [-0.3, -0.25) is 9.59 Å². The Labute approximate surface area is 197 Å². The molecule has 0 aromatic heterocycles. The van der Waals surface area contributed by atoms with Gasteiger partial charge in [0.25, 0.3) is 0 Å². The van der Waals surface area contributed by atoms with Gasteiger partial charge in [-0.05, 0) is 81.5 Å². The van der Waals surface area contributed by atoms with E-state index in [1.807, 2.05) is 16.7 Å². The maximum Gasteiger partial charge on any atom is 0.243 e. The van der Waals surface area contributed by atoms with Gasteiger partial charge >= 0.3 is 0 Å². The summed E-state index contributed by atoms with van der Waals surface area (Å²) in [5.41, 5.74) is 1.77. The van der Waals surface area contributed by atoms with Crippen LogP contribution in [-0.4, -0.2) is 61.7 Å². The van der Waals surface area contributed by atoms with E-state index in [1.54, 1.807) is 18.2 Å². The fourth-order valence-corrected chi connectivity index (χ4v) is 7.20. The first kappa shape index (κ1) is 22.8. The number of fused-ring (bicyclic) bond motifs is 1. The Morgan fingerprint density at radius 1 is 0.909 bits per heavy atom. The van der Waals surface area contributed by atoms with Crippen LogP contribution >= 0.6 is 0 Å².